The van der Waals surface area contributed by atoms with Crippen LogP contribution in [0.5, 0.6) is 0 Å². The van der Waals surface area contributed by atoms with Gasteiger partial charge in [-0.15, -0.1) is 0 Å². The summed E-state index contributed by atoms with van der Waals surface area (Å²) in [6.45, 7) is 0. The number of carbonyl (C=O) groups is 1. The Balaban J connectivity index is 2.11. The first-order chi connectivity index (χ1) is 8.34. The van der Waals surface area contributed by atoms with Crippen molar-refractivity contribution in [2.45, 2.75) is 37.5 Å². The minimum Gasteiger partial charge on any atom is -0.299 e. The van der Waals surface area contributed by atoms with E-state index in [-0.39, 0.29) is 5.41 Å². The summed E-state index contributed by atoms with van der Waals surface area (Å²) in [6.07, 6.45) is 9.47. The molecule has 2 aliphatic rings. The molecule has 3 rings (SSSR count). The monoisotopic (exact) mass is 226 g/mol. The Bertz CT molecular complexity index is 446. The molecule has 2 aliphatic carbocycles. The SMILES string of the molecule is O=C1CCC[C@@H]2CC=CC[C@@]12c1ccccc1. The minimum absolute atomic E-state index is 0.200. The molecule has 0 unspecified atom stereocenters. The van der Waals surface area contributed by atoms with Gasteiger partial charge < -0.3 is 0 Å². The number of rotatable bonds is 1. The molecule has 0 spiro atoms. The van der Waals surface area contributed by atoms with Gasteiger partial charge in [0.1, 0.15) is 5.78 Å². The van der Waals surface area contributed by atoms with Gasteiger partial charge in [0, 0.05) is 6.42 Å². The second-order valence-electron chi connectivity index (χ2n) is 5.26. The molecule has 1 fully saturated rings. The Morgan fingerprint density at radius 1 is 1.12 bits per heavy atom. The zero-order chi connectivity index (χ0) is 11.7. The summed E-state index contributed by atoms with van der Waals surface area (Å²) in [6, 6.07) is 10.4. The van der Waals surface area contributed by atoms with Crippen molar-refractivity contribution in [1.29, 1.82) is 0 Å². The molecule has 1 nitrogen and oxygen atoms in total. The predicted molar refractivity (Wildman–Crippen MR) is 68.8 cm³/mol. The summed E-state index contributed by atoms with van der Waals surface area (Å²) in [5.41, 5.74) is 1.04. The van der Waals surface area contributed by atoms with Crippen molar-refractivity contribution in [2.75, 3.05) is 0 Å². The quantitative estimate of drug-likeness (QED) is 0.668. The van der Waals surface area contributed by atoms with Crippen LogP contribution in [0.25, 0.3) is 0 Å². The largest absolute Gasteiger partial charge is 0.299 e. The number of hydrogen-bond acceptors (Lipinski definition) is 1. The third-order valence-electron chi connectivity index (χ3n) is 4.47. The number of benzene rings is 1. The summed E-state index contributed by atoms with van der Waals surface area (Å²) in [5, 5.41) is 0. The summed E-state index contributed by atoms with van der Waals surface area (Å²) >= 11 is 0. The van der Waals surface area contributed by atoms with Crippen LogP contribution in [0.1, 0.15) is 37.7 Å². The maximum Gasteiger partial charge on any atom is 0.144 e. The standard InChI is InChI=1S/C16H18O/c17-15-11-6-10-14-9-4-5-12-16(14,15)13-7-2-1-3-8-13/h1-5,7-8,14H,6,9-12H2/t14-,16-/m0/s1. The molecule has 1 aromatic carbocycles. The first-order valence-corrected chi connectivity index (χ1v) is 6.58. The van der Waals surface area contributed by atoms with Crippen molar-refractivity contribution in [3.05, 3.63) is 48.0 Å². The van der Waals surface area contributed by atoms with E-state index >= 15 is 0 Å². The van der Waals surface area contributed by atoms with Crippen molar-refractivity contribution >= 4 is 5.78 Å². The highest BCUT2D eigenvalue weighted by Crippen LogP contribution is 2.48. The van der Waals surface area contributed by atoms with Crippen molar-refractivity contribution in [3.8, 4) is 0 Å². The van der Waals surface area contributed by atoms with Crippen LogP contribution in [-0.4, -0.2) is 5.78 Å². The minimum atomic E-state index is -0.200. The summed E-state index contributed by atoms with van der Waals surface area (Å²) in [7, 11) is 0. The molecule has 2 atom stereocenters. The Morgan fingerprint density at radius 2 is 1.94 bits per heavy atom. The predicted octanol–water partition coefficient (Wildman–Crippen LogP) is 3.64. The lowest BCUT2D eigenvalue weighted by Gasteiger charge is -2.44. The Kier molecular flexibility index (Phi) is 2.62. The van der Waals surface area contributed by atoms with Gasteiger partial charge in [0.25, 0.3) is 0 Å². The molecule has 0 heterocycles. The average molecular weight is 226 g/mol. The fourth-order valence-electron chi connectivity index (χ4n) is 3.59. The van der Waals surface area contributed by atoms with Crippen LogP contribution in [0.2, 0.25) is 0 Å². The first-order valence-electron chi connectivity index (χ1n) is 6.58. The molecule has 1 aromatic rings. The van der Waals surface area contributed by atoms with Gasteiger partial charge in [-0.1, -0.05) is 42.5 Å². The van der Waals surface area contributed by atoms with Crippen molar-refractivity contribution in [3.63, 3.8) is 0 Å². The maximum atomic E-state index is 12.5. The van der Waals surface area contributed by atoms with Crippen molar-refractivity contribution in [1.82, 2.24) is 0 Å². The number of fused-ring (bicyclic) bond motifs is 1. The van der Waals surface area contributed by atoms with Crippen molar-refractivity contribution < 1.29 is 4.79 Å². The van der Waals surface area contributed by atoms with E-state index in [2.05, 4.69) is 36.4 Å². The van der Waals surface area contributed by atoms with E-state index in [9.17, 15) is 4.79 Å². The second-order valence-corrected chi connectivity index (χ2v) is 5.26. The van der Waals surface area contributed by atoms with Crippen LogP contribution in [0.4, 0.5) is 0 Å². The number of hydrogen-bond donors (Lipinski definition) is 0. The topological polar surface area (TPSA) is 17.1 Å². The van der Waals surface area contributed by atoms with Crippen LogP contribution in [-0.2, 0) is 10.2 Å². The van der Waals surface area contributed by atoms with Gasteiger partial charge >= 0.3 is 0 Å². The number of carbonyl (C=O) groups excluding carboxylic acids is 1. The zero-order valence-electron chi connectivity index (χ0n) is 10.1. The molecule has 0 saturated heterocycles. The molecular formula is C16H18O. The van der Waals surface area contributed by atoms with E-state index in [1.807, 2.05) is 6.07 Å². The Hall–Kier alpha value is -1.37. The normalized spacial score (nSPS) is 32.2. The Labute approximate surface area is 103 Å². The fraction of sp³-hybridized carbons (Fsp3) is 0.438. The molecule has 0 N–H and O–H groups in total. The van der Waals surface area contributed by atoms with Crippen LogP contribution in [0, 0.1) is 5.92 Å². The molecule has 0 radical (unpaired) electrons. The molecule has 0 amide bonds. The van der Waals surface area contributed by atoms with E-state index in [1.165, 1.54) is 12.0 Å². The van der Waals surface area contributed by atoms with Gasteiger partial charge in [0.15, 0.2) is 0 Å². The lowest BCUT2D eigenvalue weighted by atomic mass is 9.57. The van der Waals surface area contributed by atoms with Crippen LogP contribution >= 0.6 is 0 Å². The highest BCUT2D eigenvalue weighted by molar-refractivity contribution is 5.91. The lowest BCUT2D eigenvalue weighted by Crippen LogP contribution is -2.46. The third-order valence-corrected chi connectivity index (χ3v) is 4.47. The lowest BCUT2D eigenvalue weighted by molar-refractivity contribution is -0.129. The second kappa shape index (κ2) is 4.14. The van der Waals surface area contributed by atoms with Crippen LogP contribution < -0.4 is 0 Å². The van der Waals surface area contributed by atoms with E-state index in [0.717, 1.165) is 25.7 Å². The maximum absolute atomic E-state index is 12.5. The molecule has 0 aromatic heterocycles. The highest BCUT2D eigenvalue weighted by atomic mass is 16.1. The first kappa shape index (κ1) is 10.8. The van der Waals surface area contributed by atoms with E-state index in [1.54, 1.807) is 0 Å². The molecular weight excluding hydrogens is 208 g/mol. The van der Waals surface area contributed by atoms with Crippen molar-refractivity contribution in [2.24, 2.45) is 5.92 Å². The number of allylic oxidation sites excluding steroid dienone is 2. The van der Waals surface area contributed by atoms with E-state index in [4.69, 9.17) is 0 Å². The van der Waals surface area contributed by atoms with Gasteiger partial charge in [-0.25, -0.2) is 0 Å². The van der Waals surface area contributed by atoms with Gasteiger partial charge in [0.05, 0.1) is 5.41 Å². The average Bonchev–Trinajstić information content (AvgIpc) is 2.40. The van der Waals surface area contributed by atoms with Crippen LogP contribution in [0.3, 0.4) is 0 Å². The summed E-state index contributed by atoms with van der Waals surface area (Å²) < 4.78 is 0. The Morgan fingerprint density at radius 3 is 2.76 bits per heavy atom. The molecule has 88 valence electrons. The smallest absolute Gasteiger partial charge is 0.144 e. The molecule has 1 heteroatoms. The van der Waals surface area contributed by atoms with E-state index in [0.29, 0.717) is 11.7 Å². The molecule has 0 aliphatic heterocycles. The van der Waals surface area contributed by atoms with E-state index < -0.39 is 0 Å². The van der Waals surface area contributed by atoms with Crippen LogP contribution in [0.15, 0.2) is 42.5 Å². The zero-order valence-corrected chi connectivity index (χ0v) is 10.1. The number of ketones is 1. The molecule has 0 bridgehead atoms. The summed E-state index contributed by atoms with van der Waals surface area (Å²) in [5.74, 6) is 0.987. The molecule has 17 heavy (non-hydrogen) atoms. The van der Waals surface area contributed by atoms with Gasteiger partial charge in [0.2, 0.25) is 0 Å². The highest BCUT2D eigenvalue weighted by Gasteiger charge is 2.47. The number of Topliss-reactive ketones (excluding diaryl/α,β-unsaturated/α-hetero) is 1. The fourth-order valence-corrected chi connectivity index (χ4v) is 3.59. The molecule has 1 saturated carbocycles. The van der Waals surface area contributed by atoms with Gasteiger partial charge in [-0.05, 0) is 37.2 Å². The third kappa shape index (κ3) is 1.56. The van der Waals surface area contributed by atoms with Gasteiger partial charge in [-0.2, -0.15) is 0 Å². The summed E-state index contributed by atoms with van der Waals surface area (Å²) in [4.78, 5) is 12.5. The van der Waals surface area contributed by atoms with Gasteiger partial charge in [-0.3, -0.25) is 4.79 Å².